The van der Waals surface area contributed by atoms with Gasteiger partial charge in [0.05, 0.1) is 18.8 Å². The summed E-state index contributed by atoms with van der Waals surface area (Å²) >= 11 is 0. The third-order valence-electron chi connectivity index (χ3n) is 6.92. The number of rotatable bonds is 7. The van der Waals surface area contributed by atoms with Crippen LogP contribution in [0, 0.1) is 6.92 Å². The quantitative estimate of drug-likeness (QED) is 0.747. The first-order valence-corrected chi connectivity index (χ1v) is 11.4. The van der Waals surface area contributed by atoms with E-state index in [4.69, 9.17) is 4.74 Å². The first kappa shape index (κ1) is 21.3. The number of hydrogen-bond donors (Lipinski definition) is 1. The van der Waals surface area contributed by atoms with Crippen LogP contribution in [0.25, 0.3) is 0 Å². The van der Waals surface area contributed by atoms with Gasteiger partial charge in [0.15, 0.2) is 0 Å². The molecule has 6 heteroatoms. The lowest BCUT2D eigenvalue weighted by Gasteiger charge is -2.54. The molecule has 2 amide bonds. The molecule has 2 heterocycles. The number of likely N-dealkylation sites (tertiary alicyclic amines) is 2. The molecule has 1 aromatic rings. The van der Waals surface area contributed by atoms with E-state index >= 15 is 0 Å². The fraction of sp³-hybridized carbons (Fsp3) is 0.667. The Labute approximate surface area is 179 Å². The molecule has 4 rings (SSSR count). The van der Waals surface area contributed by atoms with Crippen LogP contribution in [-0.2, 0) is 20.9 Å². The van der Waals surface area contributed by atoms with Crippen molar-refractivity contribution in [3.05, 3.63) is 35.4 Å². The predicted octanol–water partition coefficient (Wildman–Crippen LogP) is 2.64. The van der Waals surface area contributed by atoms with Crippen molar-refractivity contribution in [2.45, 2.75) is 70.1 Å². The Bertz CT molecular complexity index is 776. The fourth-order valence-corrected chi connectivity index (χ4v) is 5.08. The van der Waals surface area contributed by atoms with E-state index in [2.05, 4.69) is 35.3 Å². The monoisotopic (exact) mass is 413 g/mol. The van der Waals surface area contributed by atoms with Gasteiger partial charge in [0, 0.05) is 20.0 Å². The summed E-state index contributed by atoms with van der Waals surface area (Å²) in [4.78, 5) is 29.1. The lowest BCUT2D eigenvalue weighted by Crippen LogP contribution is -2.78. The highest BCUT2D eigenvalue weighted by Crippen LogP contribution is 2.52. The highest BCUT2D eigenvalue weighted by molar-refractivity contribution is 5.81. The minimum Gasteiger partial charge on any atom is -0.368 e. The highest BCUT2D eigenvalue weighted by atomic mass is 16.5. The van der Waals surface area contributed by atoms with E-state index in [0.717, 1.165) is 31.5 Å². The summed E-state index contributed by atoms with van der Waals surface area (Å²) in [6, 6.07) is 8.34. The van der Waals surface area contributed by atoms with Crippen molar-refractivity contribution in [3.63, 3.8) is 0 Å². The van der Waals surface area contributed by atoms with Crippen LogP contribution in [0.3, 0.4) is 0 Å². The van der Waals surface area contributed by atoms with Gasteiger partial charge in [0.1, 0.15) is 5.54 Å². The zero-order chi connectivity index (χ0) is 21.2. The van der Waals surface area contributed by atoms with Gasteiger partial charge in [-0.2, -0.15) is 0 Å². The maximum atomic E-state index is 12.9. The van der Waals surface area contributed by atoms with Gasteiger partial charge in [-0.25, -0.2) is 0 Å². The highest BCUT2D eigenvalue weighted by Gasteiger charge is 2.66. The van der Waals surface area contributed by atoms with Gasteiger partial charge in [-0.15, -0.1) is 0 Å². The Morgan fingerprint density at radius 2 is 1.80 bits per heavy atom. The van der Waals surface area contributed by atoms with Gasteiger partial charge in [0.2, 0.25) is 11.8 Å². The molecule has 6 nitrogen and oxygen atoms in total. The molecule has 0 radical (unpaired) electrons. The topological polar surface area (TPSA) is 61.9 Å². The number of amides is 2. The SMILES string of the molecule is CC(=O)NC1(C2(OCc3cccc(C)c3)CC2)CN(C(=O)CN2CCCCCC2)C1. The molecule has 0 atom stereocenters. The summed E-state index contributed by atoms with van der Waals surface area (Å²) < 4.78 is 6.42. The second-order valence-electron chi connectivity index (χ2n) is 9.48. The molecular formula is C24H35N3O3. The maximum Gasteiger partial charge on any atom is 0.236 e. The second kappa shape index (κ2) is 8.67. The third-order valence-corrected chi connectivity index (χ3v) is 6.92. The smallest absolute Gasteiger partial charge is 0.236 e. The number of aryl methyl sites for hydroxylation is 1. The van der Waals surface area contributed by atoms with Gasteiger partial charge in [-0.3, -0.25) is 14.5 Å². The van der Waals surface area contributed by atoms with Crippen LogP contribution < -0.4 is 5.32 Å². The van der Waals surface area contributed by atoms with E-state index in [0.29, 0.717) is 26.2 Å². The first-order valence-electron chi connectivity index (χ1n) is 11.4. The summed E-state index contributed by atoms with van der Waals surface area (Å²) in [5.74, 6) is 0.118. The second-order valence-corrected chi connectivity index (χ2v) is 9.48. The standard InChI is InChI=1S/C24H35N3O3/c1-19-8-7-9-21(14-19)16-30-24(10-11-24)23(25-20(2)28)17-27(18-23)22(29)15-26-12-5-3-4-6-13-26/h7-9,14H,3-6,10-13,15-18H2,1-2H3,(H,25,28). The van der Waals surface area contributed by atoms with E-state index in [1.165, 1.54) is 31.2 Å². The summed E-state index contributed by atoms with van der Waals surface area (Å²) in [5.41, 5.74) is 1.54. The number of carbonyl (C=O) groups excluding carboxylic acids is 2. The van der Waals surface area contributed by atoms with Crippen molar-refractivity contribution in [1.82, 2.24) is 15.1 Å². The Balaban J connectivity index is 1.38. The largest absolute Gasteiger partial charge is 0.368 e. The van der Waals surface area contributed by atoms with Crippen LogP contribution in [0.15, 0.2) is 24.3 Å². The molecular weight excluding hydrogens is 378 g/mol. The normalized spacial score (nSPS) is 22.7. The van der Waals surface area contributed by atoms with Gasteiger partial charge in [0.25, 0.3) is 0 Å². The average molecular weight is 414 g/mol. The Hall–Kier alpha value is -1.92. The van der Waals surface area contributed by atoms with Crippen molar-refractivity contribution < 1.29 is 14.3 Å². The van der Waals surface area contributed by atoms with Gasteiger partial charge in [-0.05, 0) is 51.3 Å². The number of hydrogen-bond acceptors (Lipinski definition) is 4. The number of benzene rings is 1. The van der Waals surface area contributed by atoms with Gasteiger partial charge >= 0.3 is 0 Å². The molecule has 0 unspecified atom stereocenters. The molecule has 0 spiro atoms. The molecule has 0 bridgehead atoms. The average Bonchev–Trinajstić information content (AvgIpc) is 3.48. The molecule has 3 fully saturated rings. The lowest BCUT2D eigenvalue weighted by molar-refractivity contribution is -0.158. The van der Waals surface area contributed by atoms with Crippen molar-refractivity contribution in [2.75, 3.05) is 32.7 Å². The maximum absolute atomic E-state index is 12.9. The van der Waals surface area contributed by atoms with E-state index in [1.807, 2.05) is 11.0 Å². The summed E-state index contributed by atoms with van der Waals surface area (Å²) in [5, 5.41) is 3.17. The molecule has 1 aromatic carbocycles. The van der Waals surface area contributed by atoms with E-state index < -0.39 is 5.54 Å². The van der Waals surface area contributed by atoms with Gasteiger partial charge in [-0.1, -0.05) is 42.7 Å². The Morgan fingerprint density at radius 3 is 2.40 bits per heavy atom. The molecule has 1 aliphatic carbocycles. The van der Waals surface area contributed by atoms with E-state index in [1.54, 1.807) is 6.92 Å². The number of nitrogens with zero attached hydrogens (tertiary/aromatic N) is 2. The molecule has 3 aliphatic rings. The van der Waals surface area contributed by atoms with Crippen molar-refractivity contribution in [3.8, 4) is 0 Å². The lowest BCUT2D eigenvalue weighted by atomic mass is 9.81. The van der Waals surface area contributed by atoms with Crippen molar-refractivity contribution in [1.29, 1.82) is 0 Å². The minimum absolute atomic E-state index is 0.0555. The van der Waals surface area contributed by atoms with Crippen molar-refractivity contribution >= 4 is 11.8 Å². The first-order chi connectivity index (χ1) is 14.4. The molecule has 2 saturated heterocycles. The van der Waals surface area contributed by atoms with Crippen LogP contribution in [0.2, 0.25) is 0 Å². The molecule has 0 aromatic heterocycles. The summed E-state index contributed by atoms with van der Waals surface area (Å²) in [7, 11) is 0. The Morgan fingerprint density at radius 1 is 1.10 bits per heavy atom. The minimum atomic E-state index is -0.461. The van der Waals surface area contributed by atoms with Crippen LogP contribution >= 0.6 is 0 Å². The Kier molecular flexibility index (Phi) is 6.16. The van der Waals surface area contributed by atoms with Gasteiger partial charge < -0.3 is 15.0 Å². The summed E-state index contributed by atoms with van der Waals surface area (Å²) in [6.45, 7) is 7.78. The molecule has 2 aliphatic heterocycles. The van der Waals surface area contributed by atoms with Crippen molar-refractivity contribution in [2.24, 2.45) is 0 Å². The van der Waals surface area contributed by atoms with E-state index in [9.17, 15) is 9.59 Å². The number of carbonyl (C=O) groups is 2. The number of nitrogens with one attached hydrogen (secondary N) is 1. The van der Waals surface area contributed by atoms with Crippen LogP contribution in [0.1, 0.15) is 56.6 Å². The summed E-state index contributed by atoms with van der Waals surface area (Å²) in [6.07, 6.45) is 6.74. The van der Waals surface area contributed by atoms with E-state index in [-0.39, 0.29) is 17.4 Å². The van der Waals surface area contributed by atoms with Crippen LogP contribution in [0.5, 0.6) is 0 Å². The predicted molar refractivity (Wildman–Crippen MR) is 116 cm³/mol. The third kappa shape index (κ3) is 4.54. The van der Waals surface area contributed by atoms with Crippen LogP contribution in [-0.4, -0.2) is 65.5 Å². The molecule has 164 valence electrons. The number of ether oxygens (including phenoxy) is 1. The zero-order valence-electron chi connectivity index (χ0n) is 18.4. The zero-order valence-corrected chi connectivity index (χ0v) is 18.4. The molecule has 1 saturated carbocycles. The van der Waals surface area contributed by atoms with Crippen LogP contribution in [0.4, 0.5) is 0 Å². The fourth-order valence-electron chi connectivity index (χ4n) is 5.08. The molecule has 30 heavy (non-hydrogen) atoms. The molecule has 1 N–H and O–H groups in total.